The predicted octanol–water partition coefficient (Wildman–Crippen LogP) is 0.743. The molecular formula is C18H16KO3-. The SMILES string of the molecule is [CH-]=C(Oc1ccc(CCC(=O)O)cc1)c1ccccc1[CH2-].[K+]. The second-order valence-corrected chi connectivity index (χ2v) is 4.66. The maximum absolute atomic E-state index is 10.5. The zero-order chi connectivity index (χ0) is 15.2. The molecule has 0 spiro atoms. The largest absolute Gasteiger partial charge is 1.00 e. The third-order valence-electron chi connectivity index (χ3n) is 3.06. The zero-order valence-electron chi connectivity index (χ0n) is 12.6. The Balaban J connectivity index is 0.00000242. The molecule has 0 aromatic heterocycles. The number of aliphatic carboxylic acids is 1. The molecule has 1 N–H and O–H groups in total. The molecule has 0 aliphatic rings. The molecule has 2 aromatic carbocycles. The molecular weight excluding hydrogens is 303 g/mol. The van der Waals surface area contributed by atoms with Crippen LogP contribution < -0.4 is 56.1 Å². The molecule has 0 unspecified atom stereocenters. The van der Waals surface area contributed by atoms with Crippen molar-refractivity contribution in [3.8, 4) is 5.75 Å². The van der Waals surface area contributed by atoms with Crippen molar-refractivity contribution < 1.29 is 66.0 Å². The first-order valence-electron chi connectivity index (χ1n) is 6.58. The summed E-state index contributed by atoms with van der Waals surface area (Å²) in [6, 6.07) is 14.7. The smallest absolute Gasteiger partial charge is 0.490 e. The Bertz CT molecular complexity index is 648. The number of rotatable bonds is 6. The van der Waals surface area contributed by atoms with Crippen LogP contribution in [0.3, 0.4) is 0 Å². The first kappa shape index (κ1) is 19.0. The molecule has 0 fully saturated rings. The fourth-order valence-electron chi connectivity index (χ4n) is 1.92. The van der Waals surface area contributed by atoms with Gasteiger partial charge in [-0.15, -0.1) is 17.7 Å². The Hall–Kier alpha value is -1.04. The van der Waals surface area contributed by atoms with Gasteiger partial charge in [-0.25, -0.2) is 6.58 Å². The molecule has 3 nitrogen and oxygen atoms in total. The summed E-state index contributed by atoms with van der Waals surface area (Å²) in [5.41, 5.74) is 2.50. The third-order valence-corrected chi connectivity index (χ3v) is 3.06. The monoisotopic (exact) mass is 319 g/mol. The predicted molar refractivity (Wildman–Crippen MR) is 81.6 cm³/mol. The van der Waals surface area contributed by atoms with Crippen molar-refractivity contribution in [1.29, 1.82) is 0 Å². The summed E-state index contributed by atoms with van der Waals surface area (Å²) in [6.07, 6.45) is 0.611. The maximum atomic E-state index is 10.5. The molecule has 0 heterocycles. The molecule has 0 aliphatic carbocycles. The van der Waals surface area contributed by atoms with E-state index in [1.165, 1.54) is 0 Å². The van der Waals surface area contributed by atoms with E-state index in [1.54, 1.807) is 12.1 Å². The molecule has 0 saturated carbocycles. The zero-order valence-corrected chi connectivity index (χ0v) is 15.7. The van der Waals surface area contributed by atoms with Gasteiger partial charge in [0.1, 0.15) is 5.75 Å². The summed E-state index contributed by atoms with van der Waals surface area (Å²) in [7, 11) is 0. The number of hydrogen-bond acceptors (Lipinski definition) is 2. The van der Waals surface area contributed by atoms with E-state index in [9.17, 15) is 4.79 Å². The van der Waals surface area contributed by atoms with Gasteiger partial charge in [-0.2, -0.15) is 18.6 Å². The van der Waals surface area contributed by atoms with Crippen molar-refractivity contribution in [3.05, 3.63) is 78.7 Å². The van der Waals surface area contributed by atoms with Crippen LogP contribution in [0.1, 0.15) is 23.1 Å². The van der Waals surface area contributed by atoms with Gasteiger partial charge in [0.25, 0.3) is 0 Å². The first-order valence-corrected chi connectivity index (χ1v) is 6.58. The van der Waals surface area contributed by atoms with E-state index in [2.05, 4.69) is 6.92 Å². The van der Waals surface area contributed by atoms with E-state index >= 15 is 0 Å². The van der Waals surface area contributed by atoms with Crippen LogP contribution in [0.4, 0.5) is 0 Å². The van der Waals surface area contributed by atoms with Crippen molar-refractivity contribution in [2.75, 3.05) is 0 Å². The number of carboxylic acid groups (broad SMARTS) is 1. The van der Waals surface area contributed by atoms with Gasteiger partial charge < -0.3 is 9.84 Å². The summed E-state index contributed by atoms with van der Waals surface area (Å²) in [5, 5.41) is 8.65. The minimum absolute atomic E-state index is 0. The van der Waals surface area contributed by atoms with E-state index < -0.39 is 5.97 Å². The van der Waals surface area contributed by atoms with Gasteiger partial charge in [-0.05, 0) is 29.9 Å². The molecule has 2 rings (SSSR count). The second-order valence-electron chi connectivity index (χ2n) is 4.66. The number of aryl methyl sites for hydroxylation is 1. The number of hydrogen-bond donors (Lipinski definition) is 1. The summed E-state index contributed by atoms with van der Waals surface area (Å²) in [6.45, 7) is 9.84. The van der Waals surface area contributed by atoms with Crippen LogP contribution >= 0.6 is 0 Å². The molecule has 0 radical (unpaired) electrons. The molecule has 108 valence electrons. The van der Waals surface area contributed by atoms with Crippen molar-refractivity contribution in [1.82, 2.24) is 0 Å². The Morgan fingerprint density at radius 2 is 1.77 bits per heavy atom. The Morgan fingerprint density at radius 3 is 2.36 bits per heavy atom. The third kappa shape index (κ3) is 5.63. The van der Waals surface area contributed by atoms with Crippen molar-refractivity contribution in [2.24, 2.45) is 0 Å². The molecule has 0 amide bonds. The number of benzene rings is 2. The standard InChI is InChI=1S/C18H16O3.K/c1-13-5-3-4-6-17(13)14(2)21-16-10-7-15(8-11-16)9-12-18(19)20;/h2-8,10-11H,1,9,12H2,(H,19,20);/q-2;+1. The van der Waals surface area contributed by atoms with Crippen molar-refractivity contribution >= 4 is 11.7 Å². The van der Waals surface area contributed by atoms with Gasteiger partial charge in [0.05, 0.1) is 0 Å². The molecule has 0 bridgehead atoms. The summed E-state index contributed by atoms with van der Waals surface area (Å²) >= 11 is 0. The Labute approximate surface area is 173 Å². The fraction of sp³-hybridized carbons (Fsp3) is 0.111. The molecule has 22 heavy (non-hydrogen) atoms. The first-order chi connectivity index (χ1) is 10.1. The minimum Gasteiger partial charge on any atom is -0.490 e. The van der Waals surface area contributed by atoms with E-state index in [0.29, 0.717) is 17.9 Å². The molecule has 0 saturated heterocycles. The summed E-state index contributed by atoms with van der Waals surface area (Å²) in [5.74, 6) is 0.0914. The molecule has 2 aromatic rings. The molecule has 0 atom stereocenters. The van der Waals surface area contributed by atoms with Crippen LogP contribution in [-0.4, -0.2) is 11.1 Å². The van der Waals surface area contributed by atoms with Crippen LogP contribution in [0.15, 0.2) is 48.5 Å². The van der Waals surface area contributed by atoms with E-state index in [1.807, 2.05) is 36.4 Å². The summed E-state index contributed by atoms with van der Waals surface area (Å²) in [4.78, 5) is 10.5. The van der Waals surface area contributed by atoms with Gasteiger partial charge >= 0.3 is 57.4 Å². The average Bonchev–Trinajstić information content (AvgIpc) is 2.47. The molecule has 4 heteroatoms. The van der Waals surface area contributed by atoms with Crippen LogP contribution in [0.5, 0.6) is 5.75 Å². The second kappa shape index (κ2) is 9.18. The van der Waals surface area contributed by atoms with Gasteiger partial charge in [-0.3, -0.25) is 4.79 Å². The van der Waals surface area contributed by atoms with E-state index in [4.69, 9.17) is 16.4 Å². The van der Waals surface area contributed by atoms with Gasteiger partial charge in [0, 0.05) is 6.42 Å². The topological polar surface area (TPSA) is 46.5 Å². The van der Waals surface area contributed by atoms with Crippen LogP contribution in [0.2, 0.25) is 0 Å². The van der Waals surface area contributed by atoms with E-state index in [0.717, 1.165) is 16.7 Å². The van der Waals surface area contributed by atoms with Crippen LogP contribution in [0.25, 0.3) is 5.76 Å². The Kier molecular flexibility index (Phi) is 7.93. The van der Waals surface area contributed by atoms with Crippen molar-refractivity contribution in [2.45, 2.75) is 12.8 Å². The maximum Gasteiger partial charge on any atom is 1.00 e. The normalized spacial score (nSPS) is 9.64. The minimum atomic E-state index is -0.806. The van der Waals surface area contributed by atoms with Gasteiger partial charge in [-0.1, -0.05) is 18.2 Å². The number of carboxylic acids is 1. The quantitative estimate of drug-likeness (QED) is 0.485. The van der Waals surface area contributed by atoms with Gasteiger partial charge in [0.15, 0.2) is 0 Å². The molecule has 0 aliphatic heterocycles. The average molecular weight is 319 g/mol. The van der Waals surface area contributed by atoms with Crippen LogP contribution in [-0.2, 0) is 11.2 Å². The Morgan fingerprint density at radius 1 is 1.14 bits per heavy atom. The summed E-state index contributed by atoms with van der Waals surface area (Å²) < 4.78 is 5.60. The fourth-order valence-corrected chi connectivity index (χ4v) is 1.92. The van der Waals surface area contributed by atoms with Crippen LogP contribution in [0, 0.1) is 13.5 Å². The number of carbonyl (C=O) groups is 1. The van der Waals surface area contributed by atoms with Crippen molar-refractivity contribution in [3.63, 3.8) is 0 Å². The number of ether oxygens (including phenoxy) is 1. The van der Waals surface area contributed by atoms with Gasteiger partial charge in [0.2, 0.25) is 0 Å². The van der Waals surface area contributed by atoms with E-state index in [-0.39, 0.29) is 57.8 Å².